The van der Waals surface area contributed by atoms with E-state index >= 15 is 0 Å². The third-order valence-corrected chi connectivity index (χ3v) is 2.95. The van der Waals surface area contributed by atoms with E-state index in [1.165, 1.54) is 24.3 Å². The molecule has 1 N–H and O–H groups in total. The predicted molar refractivity (Wildman–Crippen MR) is 82.9 cm³/mol. The highest BCUT2D eigenvalue weighted by atomic mass is 19.1. The fraction of sp³-hybridized carbons (Fsp3) is 0. The van der Waals surface area contributed by atoms with Gasteiger partial charge in [-0.25, -0.2) is 14.4 Å². The van der Waals surface area contributed by atoms with Crippen LogP contribution in [0.2, 0.25) is 0 Å². The number of rotatable bonds is 4. The first-order valence-electron chi connectivity index (χ1n) is 6.82. The Morgan fingerprint density at radius 3 is 2.48 bits per heavy atom. The minimum absolute atomic E-state index is 0.217. The van der Waals surface area contributed by atoms with Crippen LogP contribution in [0.3, 0.4) is 0 Å². The molecule has 0 aliphatic carbocycles. The summed E-state index contributed by atoms with van der Waals surface area (Å²) in [7, 11) is 0. The van der Waals surface area contributed by atoms with E-state index in [-0.39, 0.29) is 17.7 Å². The normalized spacial score (nSPS) is 10.1. The van der Waals surface area contributed by atoms with Crippen molar-refractivity contribution >= 4 is 11.6 Å². The number of carbonyl (C=O) groups is 1. The minimum atomic E-state index is -0.389. The highest BCUT2D eigenvalue weighted by molar-refractivity contribution is 6.04. The van der Waals surface area contributed by atoms with E-state index in [0.717, 1.165) is 0 Å². The smallest absolute Gasteiger partial charge is 0.321 e. The van der Waals surface area contributed by atoms with Crippen LogP contribution in [0.4, 0.5) is 10.1 Å². The number of benzene rings is 2. The Bertz CT molecular complexity index is 808. The average Bonchev–Trinajstić information content (AvgIpc) is 2.57. The molecule has 0 atom stereocenters. The van der Waals surface area contributed by atoms with Crippen LogP contribution < -0.4 is 10.1 Å². The minimum Gasteiger partial charge on any atom is -0.424 e. The summed E-state index contributed by atoms with van der Waals surface area (Å²) in [6, 6.07) is 14.1. The number of hydrogen-bond acceptors (Lipinski definition) is 4. The zero-order valence-electron chi connectivity index (χ0n) is 11.9. The lowest BCUT2D eigenvalue weighted by atomic mass is 10.2. The SMILES string of the molecule is O=C(Nc1cccc(Oc2ncccn2)c1)c1ccc(F)cc1. The molecule has 1 aromatic heterocycles. The maximum absolute atomic E-state index is 12.9. The van der Waals surface area contributed by atoms with Crippen molar-refractivity contribution in [3.05, 3.63) is 78.4 Å². The standard InChI is InChI=1S/C17H12FN3O2/c18-13-7-5-12(6-8-13)16(22)21-14-3-1-4-15(11-14)23-17-19-9-2-10-20-17/h1-11H,(H,21,22). The lowest BCUT2D eigenvalue weighted by Gasteiger charge is -2.08. The van der Waals surface area contributed by atoms with Crippen LogP contribution >= 0.6 is 0 Å². The zero-order chi connectivity index (χ0) is 16.1. The molecule has 2 aromatic carbocycles. The van der Waals surface area contributed by atoms with Crippen molar-refractivity contribution in [2.24, 2.45) is 0 Å². The first kappa shape index (κ1) is 14.6. The van der Waals surface area contributed by atoms with Crippen LogP contribution in [0.25, 0.3) is 0 Å². The number of nitrogens with zero attached hydrogens (tertiary/aromatic N) is 2. The monoisotopic (exact) mass is 309 g/mol. The predicted octanol–water partition coefficient (Wildman–Crippen LogP) is 3.66. The van der Waals surface area contributed by atoms with E-state index < -0.39 is 0 Å². The molecule has 0 radical (unpaired) electrons. The van der Waals surface area contributed by atoms with Crippen LogP contribution in [-0.4, -0.2) is 15.9 Å². The summed E-state index contributed by atoms with van der Waals surface area (Å²) in [5.41, 5.74) is 0.914. The Morgan fingerprint density at radius 2 is 1.74 bits per heavy atom. The molecule has 0 aliphatic heterocycles. The van der Waals surface area contributed by atoms with Crippen molar-refractivity contribution in [2.75, 3.05) is 5.32 Å². The van der Waals surface area contributed by atoms with Crippen molar-refractivity contribution in [1.82, 2.24) is 9.97 Å². The number of ether oxygens (including phenoxy) is 1. The Hall–Kier alpha value is -3.28. The van der Waals surface area contributed by atoms with Gasteiger partial charge in [-0.3, -0.25) is 4.79 Å². The van der Waals surface area contributed by atoms with Crippen LogP contribution in [0.1, 0.15) is 10.4 Å². The number of amides is 1. The van der Waals surface area contributed by atoms with Crippen molar-refractivity contribution in [2.45, 2.75) is 0 Å². The zero-order valence-corrected chi connectivity index (χ0v) is 11.9. The molecule has 23 heavy (non-hydrogen) atoms. The summed E-state index contributed by atoms with van der Waals surface area (Å²) in [5.74, 6) is -0.231. The van der Waals surface area contributed by atoms with E-state index in [0.29, 0.717) is 17.0 Å². The molecule has 3 aromatic rings. The van der Waals surface area contributed by atoms with E-state index in [9.17, 15) is 9.18 Å². The second-order valence-electron chi connectivity index (χ2n) is 4.62. The summed E-state index contributed by atoms with van der Waals surface area (Å²) in [6.07, 6.45) is 3.14. The maximum Gasteiger partial charge on any atom is 0.321 e. The van der Waals surface area contributed by atoms with Crippen molar-refractivity contribution in [1.29, 1.82) is 0 Å². The molecule has 0 saturated carbocycles. The summed E-state index contributed by atoms with van der Waals surface area (Å²) >= 11 is 0. The molecular formula is C17H12FN3O2. The van der Waals surface area contributed by atoms with Gasteiger partial charge in [0.05, 0.1) is 0 Å². The number of hydrogen-bond donors (Lipinski definition) is 1. The third kappa shape index (κ3) is 3.88. The van der Waals surface area contributed by atoms with Crippen molar-refractivity contribution in [3.63, 3.8) is 0 Å². The van der Waals surface area contributed by atoms with E-state index in [1.807, 2.05) is 0 Å². The molecule has 0 saturated heterocycles. The quantitative estimate of drug-likeness (QED) is 0.799. The van der Waals surface area contributed by atoms with E-state index in [2.05, 4.69) is 15.3 Å². The number of carbonyl (C=O) groups excluding carboxylic acids is 1. The summed E-state index contributed by atoms with van der Waals surface area (Å²) in [6.45, 7) is 0. The van der Waals surface area contributed by atoms with Gasteiger partial charge in [0.25, 0.3) is 5.91 Å². The lowest BCUT2D eigenvalue weighted by Crippen LogP contribution is -2.11. The Kier molecular flexibility index (Phi) is 4.24. The van der Waals surface area contributed by atoms with Gasteiger partial charge in [-0.15, -0.1) is 0 Å². The van der Waals surface area contributed by atoms with Gasteiger partial charge in [0.15, 0.2) is 0 Å². The summed E-state index contributed by atoms with van der Waals surface area (Å²) in [4.78, 5) is 20.0. The van der Waals surface area contributed by atoms with E-state index in [4.69, 9.17) is 4.74 Å². The Balaban J connectivity index is 1.72. The molecule has 0 spiro atoms. The Morgan fingerprint density at radius 1 is 1.00 bits per heavy atom. The third-order valence-electron chi connectivity index (χ3n) is 2.95. The van der Waals surface area contributed by atoms with Gasteiger partial charge in [-0.05, 0) is 42.5 Å². The molecule has 0 aliphatic rings. The fourth-order valence-corrected chi connectivity index (χ4v) is 1.89. The van der Waals surface area contributed by atoms with Crippen molar-refractivity contribution in [3.8, 4) is 11.8 Å². The average molecular weight is 309 g/mol. The van der Waals surface area contributed by atoms with E-state index in [1.54, 1.807) is 42.7 Å². The highest BCUT2D eigenvalue weighted by Gasteiger charge is 2.07. The van der Waals surface area contributed by atoms with Gasteiger partial charge in [0, 0.05) is 29.7 Å². The molecule has 5 nitrogen and oxygen atoms in total. The first-order chi connectivity index (χ1) is 11.2. The molecule has 3 rings (SSSR count). The topological polar surface area (TPSA) is 64.1 Å². The molecule has 0 unspecified atom stereocenters. The van der Waals surface area contributed by atoms with Gasteiger partial charge >= 0.3 is 6.01 Å². The molecule has 0 bridgehead atoms. The highest BCUT2D eigenvalue weighted by Crippen LogP contribution is 2.21. The van der Waals surface area contributed by atoms with Crippen LogP contribution in [0, 0.1) is 5.82 Å². The van der Waals surface area contributed by atoms with Crippen LogP contribution in [0.15, 0.2) is 67.0 Å². The Labute approximate surface area is 131 Å². The summed E-state index contributed by atoms with van der Waals surface area (Å²) < 4.78 is 18.4. The lowest BCUT2D eigenvalue weighted by molar-refractivity contribution is 0.102. The molecular weight excluding hydrogens is 297 g/mol. The van der Waals surface area contributed by atoms with Gasteiger partial charge in [0.1, 0.15) is 11.6 Å². The molecule has 1 heterocycles. The second-order valence-corrected chi connectivity index (χ2v) is 4.62. The van der Waals surface area contributed by atoms with Gasteiger partial charge < -0.3 is 10.1 Å². The summed E-state index contributed by atoms with van der Waals surface area (Å²) in [5, 5.41) is 2.72. The fourth-order valence-electron chi connectivity index (χ4n) is 1.89. The second kappa shape index (κ2) is 6.65. The number of anilines is 1. The number of aromatic nitrogens is 2. The molecule has 0 fully saturated rings. The van der Waals surface area contributed by atoms with Crippen LogP contribution in [0.5, 0.6) is 11.8 Å². The molecule has 1 amide bonds. The van der Waals surface area contributed by atoms with Crippen LogP contribution in [-0.2, 0) is 0 Å². The largest absolute Gasteiger partial charge is 0.424 e. The number of nitrogens with one attached hydrogen (secondary N) is 1. The molecule has 6 heteroatoms. The number of halogens is 1. The first-order valence-corrected chi connectivity index (χ1v) is 6.82. The van der Waals surface area contributed by atoms with Gasteiger partial charge in [-0.1, -0.05) is 6.07 Å². The van der Waals surface area contributed by atoms with Gasteiger partial charge in [0.2, 0.25) is 0 Å². The van der Waals surface area contributed by atoms with Crippen molar-refractivity contribution < 1.29 is 13.9 Å². The maximum atomic E-state index is 12.9. The van der Waals surface area contributed by atoms with Gasteiger partial charge in [-0.2, -0.15) is 0 Å². The molecule has 114 valence electrons.